The Morgan fingerprint density at radius 3 is 2.25 bits per heavy atom. The first-order valence-corrected chi connectivity index (χ1v) is 12.2. The number of amides is 2. The maximum atomic E-state index is 13.5. The number of hydrogen-bond acceptors (Lipinski definition) is 4. The molecule has 0 aromatic rings. The van der Waals surface area contributed by atoms with Crippen molar-refractivity contribution >= 4 is 17.8 Å². The Kier molecular flexibility index (Phi) is 11.4. The van der Waals surface area contributed by atoms with Gasteiger partial charge in [-0.1, -0.05) is 53.5 Å². The normalized spacial score (nSPS) is 21.5. The molecule has 0 saturated carbocycles. The van der Waals surface area contributed by atoms with Gasteiger partial charge in [0.1, 0.15) is 6.04 Å². The van der Waals surface area contributed by atoms with E-state index in [2.05, 4.69) is 24.1 Å². The van der Waals surface area contributed by atoms with Crippen molar-refractivity contribution in [3.63, 3.8) is 0 Å². The zero-order valence-corrected chi connectivity index (χ0v) is 21.4. The highest BCUT2D eigenvalue weighted by molar-refractivity contribution is 5.90. The van der Waals surface area contributed by atoms with Gasteiger partial charge in [-0.3, -0.25) is 14.5 Å². The molecule has 2 unspecified atom stereocenters. The summed E-state index contributed by atoms with van der Waals surface area (Å²) in [7, 11) is 1.71. The van der Waals surface area contributed by atoms with Crippen LogP contribution >= 0.6 is 0 Å². The zero-order chi connectivity index (χ0) is 24.6. The Morgan fingerprint density at radius 2 is 1.75 bits per heavy atom. The van der Waals surface area contributed by atoms with E-state index in [1.807, 2.05) is 27.7 Å². The van der Waals surface area contributed by atoms with Gasteiger partial charge in [0.15, 0.2) is 0 Å². The minimum absolute atomic E-state index is 0.0807. The third-order valence-corrected chi connectivity index (χ3v) is 7.01. The standard InChI is InChI=1S/C25H45N3O4/c1-9-17(5)21(15-18(6)25(31)32)27(8)24(30)22(16(3)4)26-23(29)20-13-11-12-14-28(20)19(7)10-2/h15-17,19-22H,9-14H2,1-8H3,(H,26,29)(H,31,32)/b18-15+/t17-,19?,20?,21+,22-/m0/s1. The average Bonchev–Trinajstić information content (AvgIpc) is 2.78. The van der Waals surface area contributed by atoms with E-state index in [0.29, 0.717) is 6.04 Å². The van der Waals surface area contributed by atoms with Gasteiger partial charge in [0.25, 0.3) is 0 Å². The predicted molar refractivity (Wildman–Crippen MR) is 128 cm³/mol. The van der Waals surface area contributed by atoms with E-state index < -0.39 is 12.0 Å². The highest BCUT2D eigenvalue weighted by Crippen LogP contribution is 2.23. The minimum atomic E-state index is -0.990. The molecule has 1 fully saturated rings. The Labute approximate surface area is 194 Å². The molecule has 2 N–H and O–H groups in total. The number of aliphatic carboxylic acids is 1. The molecule has 0 aromatic carbocycles. The molecule has 0 spiro atoms. The van der Waals surface area contributed by atoms with Crippen molar-refractivity contribution in [2.45, 2.75) is 105 Å². The summed E-state index contributed by atoms with van der Waals surface area (Å²) in [5.74, 6) is -1.25. The maximum Gasteiger partial charge on any atom is 0.331 e. The van der Waals surface area contributed by atoms with Gasteiger partial charge in [-0.15, -0.1) is 0 Å². The molecule has 1 rings (SSSR count). The molecule has 0 aliphatic carbocycles. The molecular formula is C25H45N3O4. The fourth-order valence-corrected chi connectivity index (χ4v) is 4.35. The number of nitrogens with one attached hydrogen (secondary N) is 1. The summed E-state index contributed by atoms with van der Waals surface area (Å²) in [6.07, 6.45) is 6.34. The van der Waals surface area contributed by atoms with Gasteiger partial charge in [0.2, 0.25) is 11.8 Å². The SMILES string of the molecule is CCC(C)N1CCCCC1C(=O)N[C@H](C(=O)N(C)[C@H](/C=C(\C)C(=O)O)[C@@H](C)CC)C(C)C. The van der Waals surface area contributed by atoms with Crippen LogP contribution in [0.3, 0.4) is 0 Å². The molecule has 184 valence electrons. The number of likely N-dealkylation sites (tertiary alicyclic amines) is 1. The van der Waals surface area contributed by atoms with E-state index in [9.17, 15) is 19.5 Å². The van der Waals surface area contributed by atoms with E-state index in [1.165, 1.54) is 0 Å². The summed E-state index contributed by atoms with van der Waals surface area (Å²) < 4.78 is 0. The zero-order valence-electron chi connectivity index (χ0n) is 21.4. The summed E-state index contributed by atoms with van der Waals surface area (Å²) >= 11 is 0. The lowest BCUT2D eigenvalue weighted by Crippen LogP contribution is -2.59. The van der Waals surface area contributed by atoms with Crippen molar-refractivity contribution in [3.8, 4) is 0 Å². The van der Waals surface area contributed by atoms with Gasteiger partial charge in [-0.25, -0.2) is 4.79 Å². The summed E-state index contributed by atoms with van der Waals surface area (Å²) in [6, 6.07) is -0.898. The second-order valence-electron chi connectivity index (χ2n) is 9.72. The smallest absolute Gasteiger partial charge is 0.331 e. The first kappa shape index (κ1) is 28.1. The Bertz CT molecular complexity index is 676. The second kappa shape index (κ2) is 13.0. The molecule has 32 heavy (non-hydrogen) atoms. The highest BCUT2D eigenvalue weighted by Gasteiger charge is 2.36. The first-order chi connectivity index (χ1) is 15.0. The Morgan fingerprint density at radius 1 is 1.12 bits per heavy atom. The average molecular weight is 452 g/mol. The maximum absolute atomic E-state index is 13.5. The Hall–Kier alpha value is -1.89. The van der Waals surface area contributed by atoms with Crippen LogP contribution in [0.15, 0.2) is 11.6 Å². The van der Waals surface area contributed by atoms with Crippen LogP contribution in [0, 0.1) is 11.8 Å². The van der Waals surface area contributed by atoms with E-state index in [0.717, 1.165) is 38.6 Å². The largest absolute Gasteiger partial charge is 0.478 e. The monoisotopic (exact) mass is 451 g/mol. The number of likely N-dealkylation sites (N-methyl/N-ethyl adjacent to an activating group) is 1. The van der Waals surface area contributed by atoms with Crippen LogP contribution in [0.4, 0.5) is 0 Å². The van der Waals surface area contributed by atoms with Crippen molar-refractivity contribution < 1.29 is 19.5 Å². The first-order valence-electron chi connectivity index (χ1n) is 12.2. The highest BCUT2D eigenvalue weighted by atomic mass is 16.4. The van der Waals surface area contributed by atoms with Crippen molar-refractivity contribution in [2.24, 2.45) is 11.8 Å². The van der Waals surface area contributed by atoms with E-state index in [1.54, 1.807) is 24.9 Å². The van der Waals surface area contributed by atoms with Gasteiger partial charge in [0.05, 0.1) is 12.1 Å². The molecule has 1 saturated heterocycles. The molecule has 1 heterocycles. The summed E-state index contributed by atoms with van der Waals surface area (Å²) in [5, 5.41) is 12.4. The fraction of sp³-hybridized carbons (Fsp3) is 0.800. The van der Waals surface area contributed by atoms with Gasteiger partial charge in [0, 0.05) is 18.7 Å². The van der Waals surface area contributed by atoms with Gasteiger partial charge in [-0.2, -0.15) is 0 Å². The third kappa shape index (κ3) is 7.32. The van der Waals surface area contributed by atoms with Crippen molar-refractivity contribution in [2.75, 3.05) is 13.6 Å². The number of nitrogens with zero attached hydrogens (tertiary/aromatic N) is 2. The fourth-order valence-electron chi connectivity index (χ4n) is 4.35. The molecular weight excluding hydrogens is 406 g/mol. The topological polar surface area (TPSA) is 90.0 Å². The van der Waals surface area contributed by atoms with Gasteiger partial charge < -0.3 is 15.3 Å². The molecule has 0 bridgehead atoms. The molecule has 2 amide bonds. The Balaban J connectivity index is 3.10. The summed E-state index contributed by atoms with van der Waals surface area (Å²) in [4.78, 5) is 42.1. The number of piperidine rings is 1. The minimum Gasteiger partial charge on any atom is -0.478 e. The van der Waals surface area contributed by atoms with E-state index in [4.69, 9.17) is 0 Å². The second-order valence-corrected chi connectivity index (χ2v) is 9.72. The predicted octanol–water partition coefficient (Wildman–Crippen LogP) is 3.68. The van der Waals surface area contributed by atoms with Crippen molar-refractivity contribution in [1.82, 2.24) is 15.1 Å². The number of hydrogen-bond donors (Lipinski definition) is 2. The summed E-state index contributed by atoms with van der Waals surface area (Å²) in [5.41, 5.74) is 0.214. The van der Waals surface area contributed by atoms with Gasteiger partial charge in [-0.05, 0) is 51.5 Å². The number of carbonyl (C=O) groups is 3. The summed E-state index contributed by atoms with van der Waals surface area (Å²) in [6.45, 7) is 14.6. The van der Waals surface area contributed by atoms with Crippen molar-refractivity contribution in [1.29, 1.82) is 0 Å². The molecule has 7 heteroatoms. The van der Waals surface area contributed by atoms with Crippen LogP contribution in [-0.4, -0.2) is 70.4 Å². The molecule has 0 aromatic heterocycles. The number of carboxylic acids is 1. The van der Waals surface area contributed by atoms with Crippen LogP contribution in [0.25, 0.3) is 0 Å². The molecule has 0 radical (unpaired) electrons. The van der Waals surface area contributed by atoms with Crippen LogP contribution in [0.2, 0.25) is 0 Å². The lowest BCUT2D eigenvalue weighted by Gasteiger charge is -2.40. The molecule has 7 nitrogen and oxygen atoms in total. The van der Waals surface area contributed by atoms with E-state index >= 15 is 0 Å². The molecule has 1 aliphatic heterocycles. The number of carboxylic acid groups (broad SMARTS) is 1. The number of carbonyl (C=O) groups excluding carboxylic acids is 2. The van der Waals surface area contributed by atoms with Gasteiger partial charge >= 0.3 is 5.97 Å². The quantitative estimate of drug-likeness (QED) is 0.468. The molecule has 1 aliphatic rings. The lowest BCUT2D eigenvalue weighted by atomic mass is 9.93. The molecule has 5 atom stereocenters. The van der Waals surface area contributed by atoms with Crippen molar-refractivity contribution in [3.05, 3.63) is 11.6 Å². The van der Waals surface area contributed by atoms with Crippen LogP contribution in [0.5, 0.6) is 0 Å². The van der Waals surface area contributed by atoms with Crippen LogP contribution in [-0.2, 0) is 14.4 Å². The number of rotatable bonds is 11. The van der Waals surface area contributed by atoms with E-state index in [-0.39, 0.29) is 41.3 Å². The van der Waals surface area contributed by atoms with Crippen LogP contribution < -0.4 is 5.32 Å². The van der Waals surface area contributed by atoms with Crippen LogP contribution in [0.1, 0.15) is 80.6 Å². The lowest BCUT2D eigenvalue weighted by molar-refractivity contribution is -0.140. The third-order valence-electron chi connectivity index (χ3n) is 7.01.